The van der Waals surface area contributed by atoms with E-state index in [1.54, 1.807) is 0 Å². The zero-order chi connectivity index (χ0) is 14.8. The van der Waals surface area contributed by atoms with Crippen LogP contribution in [0.1, 0.15) is 21.5 Å². The minimum absolute atomic E-state index is 0.0809. The van der Waals surface area contributed by atoms with E-state index in [0.29, 0.717) is 5.56 Å². The molecule has 21 heavy (non-hydrogen) atoms. The molecule has 4 heteroatoms. The number of carbonyl (C=O) groups excluding carboxylic acids is 1. The first kappa shape index (κ1) is 13.6. The fraction of sp³-hybridized carbons (Fsp3) is 0.235. The van der Waals surface area contributed by atoms with E-state index >= 15 is 0 Å². The first-order valence-electron chi connectivity index (χ1n) is 6.88. The van der Waals surface area contributed by atoms with Crippen LogP contribution in [0.3, 0.4) is 0 Å². The molecule has 1 amide bonds. The molecule has 0 saturated heterocycles. The average molecular weight is 285 g/mol. The lowest BCUT2D eigenvalue weighted by molar-refractivity contribution is 0.0938. The largest absolute Gasteiger partial charge is 0.494 e. The Morgan fingerprint density at radius 2 is 1.86 bits per heavy atom. The van der Waals surface area contributed by atoms with Gasteiger partial charge < -0.3 is 10.1 Å². The summed E-state index contributed by atoms with van der Waals surface area (Å²) in [4.78, 5) is 12.2. The molecule has 1 aliphatic rings. The second-order valence-electron chi connectivity index (χ2n) is 5.20. The highest BCUT2D eigenvalue weighted by molar-refractivity contribution is 5.94. The first-order chi connectivity index (χ1) is 10.2. The standard InChI is InChI=1S/C17H16FNO2/c1-21-16-10-13(6-7-15(16)18)17(20)19-14-8-11-4-2-3-5-12(11)9-14/h2-7,10,14H,8-9H2,1H3,(H,19,20). The second-order valence-corrected chi connectivity index (χ2v) is 5.20. The van der Waals surface area contributed by atoms with Gasteiger partial charge in [-0.3, -0.25) is 4.79 Å². The SMILES string of the molecule is COc1cc(C(=O)NC2Cc3ccccc3C2)ccc1F. The minimum atomic E-state index is -0.470. The van der Waals surface area contributed by atoms with Gasteiger partial charge in [0.2, 0.25) is 0 Å². The van der Waals surface area contributed by atoms with Crippen molar-refractivity contribution in [3.05, 3.63) is 65.0 Å². The highest BCUT2D eigenvalue weighted by Gasteiger charge is 2.23. The third kappa shape index (κ3) is 2.75. The lowest BCUT2D eigenvalue weighted by Crippen LogP contribution is -2.35. The van der Waals surface area contributed by atoms with Gasteiger partial charge in [-0.05, 0) is 42.2 Å². The summed E-state index contributed by atoms with van der Waals surface area (Å²) in [5.74, 6) is -0.592. The van der Waals surface area contributed by atoms with E-state index in [1.165, 1.54) is 36.4 Å². The number of hydrogen-bond acceptors (Lipinski definition) is 2. The summed E-state index contributed by atoms with van der Waals surface area (Å²) in [6, 6.07) is 12.4. The van der Waals surface area contributed by atoms with E-state index in [0.717, 1.165) is 12.8 Å². The first-order valence-corrected chi connectivity index (χ1v) is 6.88. The van der Waals surface area contributed by atoms with Gasteiger partial charge in [0.15, 0.2) is 11.6 Å². The average Bonchev–Trinajstić information content (AvgIpc) is 2.89. The normalized spacial score (nSPS) is 13.8. The number of ether oxygens (including phenoxy) is 1. The summed E-state index contributed by atoms with van der Waals surface area (Å²) in [5.41, 5.74) is 2.96. The molecule has 108 valence electrons. The van der Waals surface area contributed by atoms with E-state index in [4.69, 9.17) is 4.74 Å². The Morgan fingerprint density at radius 1 is 1.19 bits per heavy atom. The number of fused-ring (bicyclic) bond motifs is 1. The molecule has 0 spiro atoms. The lowest BCUT2D eigenvalue weighted by atomic mass is 10.1. The smallest absolute Gasteiger partial charge is 0.251 e. The van der Waals surface area contributed by atoms with E-state index in [1.807, 2.05) is 12.1 Å². The maximum atomic E-state index is 13.4. The van der Waals surface area contributed by atoms with Crippen molar-refractivity contribution in [1.29, 1.82) is 0 Å². The van der Waals surface area contributed by atoms with E-state index in [9.17, 15) is 9.18 Å². The number of methoxy groups -OCH3 is 1. The molecule has 0 fully saturated rings. The Hall–Kier alpha value is -2.36. The van der Waals surface area contributed by atoms with Crippen LogP contribution in [0.2, 0.25) is 0 Å². The van der Waals surface area contributed by atoms with Crippen molar-refractivity contribution in [2.24, 2.45) is 0 Å². The van der Waals surface area contributed by atoms with Crippen LogP contribution in [-0.2, 0) is 12.8 Å². The van der Waals surface area contributed by atoms with Gasteiger partial charge in [-0.25, -0.2) is 4.39 Å². The van der Waals surface area contributed by atoms with Crippen molar-refractivity contribution >= 4 is 5.91 Å². The molecule has 0 aliphatic heterocycles. The van der Waals surface area contributed by atoms with Gasteiger partial charge in [0.1, 0.15) is 0 Å². The van der Waals surface area contributed by atoms with Crippen molar-refractivity contribution in [2.45, 2.75) is 18.9 Å². The predicted octanol–water partition coefficient (Wildman–Crippen LogP) is 2.73. The molecule has 0 aromatic heterocycles. The van der Waals surface area contributed by atoms with Crippen LogP contribution in [-0.4, -0.2) is 19.1 Å². The number of carbonyl (C=O) groups is 1. The van der Waals surface area contributed by atoms with Gasteiger partial charge in [0, 0.05) is 11.6 Å². The summed E-state index contributed by atoms with van der Waals surface area (Å²) in [7, 11) is 1.38. The number of hydrogen-bond donors (Lipinski definition) is 1. The third-order valence-electron chi connectivity index (χ3n) is 3.80. The zero-order valence-electron chi connectivity index (χ0n) is 11.7. The van der Waals surface area contributed by atoms with E-state index in [2.05, 4.69) is 17.4 Å². The number of halogens is 1. The van der Waals surface area contributed by atoms with Gasteiger partial charge in [-0.15, -0.1) is 0 Å². The molecule has 0 bridgehead atoms. The second kappa shape index (κ2) is 5.56. The van der Waals surface area contributed by atoms with Gasteiger partial charge >= 0.3 is 0 Å². The lowest BCUT2D eigenvalue weighted by Gasteiger charge is -2.12. The molecule has 0 unspecified atom stereocenters. The van der Waals surface area contributed by atoms with E-state index < -0.39 is 5.82 Å². The monoisotopic (exact) mass is 285 g/mol. The molecular formula is C17H16FNO2. The van der Waals surface area contributed by atoms with Crippen molar-refractivity contribution in [2.75, 3.05) is 7.11 Å². The summed E-state index contributed by atoms with van der Waals surface area (Å²) < 4.78 is 18.3. The van der Waals surface area contributed by atoms with Crippen molar-refractivity contribution in [3.8, 4) is 5.75 Å². The Bertz CT molecular complexity index is 659. The van der Waals surface area contributed by atoms with Crippen LogP contribution in [0.4, 0.5) is 4.39 Å². The molecule has 0 saturated carbocycles. The van der Waals surface area contributed by atoms with Crippen molar-refractivity contribution in [1.82, 2.24) is 5.32 Å². The molecule has 0 heterocycles. The topological polar surface area (TPSA) is 38.3 Å². The molecule has 2 aromatic carbocycles. The summed E-state index contributed by atoms with van der Waals surface area (Å²) in [6.45, 7) is 0. The molecule has 3 nitrogen and oxygen atoms in total. The summed E-state index contributed by atoms with van der Waals surface area (Å²) >= 11 is 0. The fourth-order valence-electron chi connectivity index (χ4n) is 2.73. The highest BCUT2D eigenvalue weighted by atomic mass is 19.1. The Kier molecular flexibility index (Phi) is 3.60. The minimum Gasteiger partial charge on any atom is -0.494 e. The molecule has 0 radical (unpaired) electrons. The number of rotatable bonds is 3. The number of nitrogens with one attached hydrogen (secondary N) is 1. The maximum absolute atomic E-state index is 13.4. The Balaban J connectivity index is 1.71. The van der Waals surface area contributed by atoms with Crippen LogP contribution < -0.4 is 10.1 Å². The fourth-order valence-corrected chi connectivity index (χ4v) is 2.73. The van der Waals surface area contributed by atoms with Crippen LogP contribution in [0.5, 0.6) is 5.75 Å². The van der Waals surface area contributed by atoms with Crippen LogP contribution in [0.15, 0.2) is 42.5 Å². The Morgan fingerprint density at radius 3 is 2.48 bits per heavy atom. The summed E-state index contributed by atoms with van der Waals surface area (Å²) in [6.07, 6.45) is 1.67. The van der Waals surface area contributed by atoms with Crippen molar-refractivity contribution in [3.63, 3.8) is 0 Å². The van der Waals surface area contributed by atoms with Gasteiger partial charge in [0.25, 0.3) is 5.91 Å². The quantitative estimate of drug-likeness (QED) is 0.941. The van der Waals surface area contributed by atoms with Crippen molar-refractivity contribution < 1.29 is 13.9 Å². The van der Waals surface area contributed by atoms with Gasteiger partial charge in [-0.2, -0.15) is 0 Å². The third-order valence-corrected chi connectivity index (χ3v) is 3.80. The zero-order valence-corrected chi connectivity index (χ0v) is 11.7. The van der Waals surface area contributed by atoms with Crippen LogP contribution in [0, 0.1) is 5.82 Å². The molecule has 0 atom stereocenters. The number of benzene rings is 2. The summed E-state index contributed by atoms with van der Waals surface area (Å²) in [5, 5.41) is 3.00. The highest BCUT2D eigenvalue weighted by Crippen LogP contribution is 2.23. The Labute approximate surface area is 122 Å². The van der Waals surface area contributed by atoms with E-state index in [-0.39, 0.29) is 17.7 Å². The van der Waals surface area contributed by atoms with Gasteiger partial charge in [0.05, 0.1) is 7.11 Å². The molecular weight excluding hydrogens is 269 g/mol. The van der Waals surface area contributed by atoms with Gasteiger partial charge in [-0.1, -0.05) is 24.3 Å². The predicted molar refractivity (Wildman–Crippen MR) is 78.1 cm³/mol. The molecule has 2 aromatic rings. The molecule has 3 rings (SSSR count). The maximum Gasteiger partial charge on any atom is 0.251 e. The van der Waals surface area contributed by atoms with Crippen LogP contribution >= 0.6 is 0 Å². The molecule has 1 N–H and O–H groups in total. The molecule has 1 aliphatic carbocycles. The van der Waals surface area contributed by atoms with Crippen LogP contribution in [0.25, 0.3) is 0 Å². The number of amides is 1.